The van der Waals surface area contributed by atoms with Crippen molar-refractivity contribution in [3.05, 3.63) is 30.4 Å². The Kier molecular flexibility index (Phi) is 4.31. The minimum Gasteiger partial charge on any atom is -0.480 e. The predicted octanol–water partition coefficient (Wildman–Crippen LogP) is 1.14. The highest BCUT2D eigenvalue weighted by atomic mass is 16.5. The van der Waals surface area contributed by atoms with Gasteiger partial charge < -0.3 is 14.5 Å². The van der Waals surface area contributed by atoms with Crippen LogP contribution in [0.5, 0.6) is 0 Å². The Hall–Kier alpha value is -2.77. The number of nitrogens with zero attached hydrogens (tertiary/aromatic N) is 4. The molecule has 1 saturated heterocycles. The first-order valence-electron chi connectivity index (χ1n) is 7.40. The molecule has 0 aromatic carbocycles. The molecule has 8 nitrogen and oxygen atoms in total. The number of likely N-dealkylation sites (tertiary alicyclic amines) is 1. The van der Waals surface area contributed by atoms with E-state index in [0.717, 1.165) is 12.0 Å². The number of aromatic nitrogens is 3. The first-order chi connectivity index (χ1) is 11.1. The lowest BCUT2D eigenvalue weighted by Crippen LogP contribution is -2.40. The highest BCUT2D eigenvalue weighted by molar-refractivity contribution is 5.84. The number of hydrogen-bond acceptors (Lipinski definition) is 6. The molecule has 1 unspecified atom stereocenters. The lowest BCUT2D eigenvalue weighted by molar-refractivity contribution is -0.148. The summed E-state index contributed by atoms with van der Waals surface area (Å²) in [6, 6.07) is 2.82. The molecule has 1 N–H and O–H groups in total. The first kappa shape index (κ1) is 15.1. The van der Waals surface area contributed by atoms with E-state index < -0.39 is 12.0 Å². The predicted molar refractivity (Wildman–Crippen MR) is 78.2 cm³/mol. The maximum Gasteiger partial charge on any atom is 0.326 e. The zero-order valence-corrected chi connectivity index (χ0v) is 12.4. The van der Waals surface area contributed by atoms with Gasteiger partial charge in [0.25, 0.3) is 0 Å². The average Bonchev–Trinajstić information content (AvgIpc) is 3.23. The van der Waals surface area contributed by atoms with Crippen molar-refractivity contribution in [1.29, 1.82) is 0 Å². The maximum atomic E-state index is 12.2. The molecule has 1 amide bonds. The van der Waals surface area contributed by atoms with E-state index >= 15 is 0 Å². The topological polar surface area (TPSA) is 109 Å². The monoisotopic (exact) mass is 316 g/mol. The van der Waals surface area contributed by atoms with E-state index in [1.165, 1.54) is 4.90 Å². The molecule has 2 aromatic heterocycles. The number of rotatable bonds is 5. The second-order valence-corrected chi connectivity index (χ2v) is 5.33. The average molecular weight is 316 g/mol. The van der Waals surface area contributed by atoms with Crippen LogP contribution in [0, 0.1) is 0 Å². The molecule has 1 atom stereocenters. The SMILES string of the molecule is O=C(O)C1CCCN1C(=O)CCc1nc(-c2ccncc2)no1. The molecule has 1 aliphatic heterocycles. The van der Waals surface area contributed by atoms with Crippen molar-refractivity contribution in [3.63, 3.8) is 0 Å². The molecular formula is C15H16N4O4. The minimum atomic E-state index is -0.950. The summed E-state index contributed by atoms with van der Waals surface area (Å²) in [5, 5.41) is 13.0. The summed E-state index contributed by atoms with van der Waals surface area (Å²) in [7, 11) is 0. The van der Waals surface area contributed by atoms with Crippen LogP contribution in [0.4, 0.5) is 0 Å². The summed E-state index contributed by atoms with van der Waals surface area (Å²) >= 11 is 0. The van der Waals surface area contributed by atoms with E-state index in [4.69, 9.17) is 9.63 Å². The van der Waals surface area contributed by atoms with Gasteiger partial charge in [0, 0.05) is 37.3 Å². The van der Waals surface area contributed by atoms with Crippen LogP contribution < -0.4 is 0 Å². The largest absolute Gasteiger partial charge is 0.480 e. The molecule has 23 heavy (non-hydrogen) atoms. The van der Waals surface area contributed by atoms with Gasteiger partial charge in [0.05, 0.1) is 0 Å². The summed E-state index contributed by atoms with van der Waals surface area (Å²) in [5.41, 5.74) is 0.784. The van der Waals surface area contributed by atoms with Crippen LogP contribution in [-0.4, -0.2) is 49.6 Å². The third kappa shape index (κ3) is 3.36. The molecule has 0 aliphatic carbocycles. The highest BCUT2D eigenvalue weighted by Crippen LogP contribution is 2.19. The zero-order valence-electron chi connectivity index (χ0n) is 12.4. The van der Waals surface area contributed by atoms with Crippen molar-refractivity contribution in [2.24, 2.45) is 0 Å². The van der Waals surface area contributed by atoms with Crippen molar-refractivity contribution in [3.8, 4) is 11.4 Å². The number of aryl methyl sites for hydroxylation is 1. The van der Waals surface area contributed by atoms with E-state index in [0.29, 0.717) is 31.1 Å². The van der Waals surface area contributed by atoms with Gasteiger partial charge in [-0.25, -0.2) is 4.79 Å². The van der Waals surface area contributed by atoms with E-state index in [9.17, 15) is 9.59 Å². The highest BCUT2D eigenvalue weighted by Gasteiger charge is 2.33. The number of aliphatic carboxylic acids is 1. The summed E-state index contributed by atoms with van der Waals surface area (Å²) in [6.45, 7) is 0.488. The Morgan fingerprint density at radius 2 is 2.13 bits per heavy atom. The van der Waals surface area contributed by atoms with Crippen LogP contribution >= 0.6 is 0 Å². The lowest BCUT2D eigenvalue weighted by atomic mass is 10.2. The number of carboxylic acids is 1. The molecule has 3 heterocycles. The summed E-state index contributed by atoms with van der Waals surface area (Å²) < 4.78 is 5.14. The molecular weight excluding hydrogens is 300 g/mol. The number of hydrogen-bond donors (Lipinski definition) is 1. The fourth-order valence-electron chi connectivity index (χ4n) is 2.65. The van der Waals surface area contributed by atoms with Crippen molar-refractivity contribution in [1.82, 2.24) is 20.0 Å². The Balaban J connectivity index is 1.60. The summed E-state index contributed by atoms with van der Waals surface area (Å²) in [4.78, 5) is 32.9. The van der Waals surface area contributed by atoms with Crippen LogP contribution in [0.25, 0.3) is 11.4 Å². The Labute approximate surface area is 132 Å². The van der Waals surface area contributed by atoms with Gasteiger partial charge in [-0.2, -0.15) is 4.98 Å². The normalized spacial score (nSPS) is 17.4. The Bertz CT molecular complexity index is 701. The zero-order chi connectivity index (χ0) is 16.2. The molecule has 8 heteroatoms. The second-order valence-electron chi connectivity index (χ2n) is 5.33. The van der Waals surface area contributed by atoms with Gasteiger partial charge >= 0.3 is 5.97 Å². The lowest BCUT2D eigenvalue weighted by Gasteiger charge is -2.20. The van der Waals surface area contributed by atoms with Crippen molar-refractivity contribution < 1.29 is 19.2 Å². The fourth-order valence-corrected chi connectivity index (χ4v) is 2.65. The van der Waals surface area contributed by atoms with Crippen molar-refractivity contribution in [2.45, 2.75) is 31.7 Å². The van der Waals surface area contributed by atoms with Crippen LogP contribution in [0.2, 0.25) is 0 Å². The molecule has 3 rings (SSSR count). The molecule has 0 saturated carbocycles. The van der Waals surface area contributed by atoms with Crippen molar-refractivity contribution >= 4 is 11.9 Å². The molecule has 120 valence electrons. The number of carboxylic acid groups (broad SMARTS) is 1. The molecule has 2 aromatic rings. The quantitative estimate of drug-likeness (QED) is 0.880. The molecule has 1 fully saturated rings. The Morgan fingerprint density at radius 3 is 2.87 bits per heavy atom. The second kappa shape index (κ2) is 6.55. The van der Waals surface area contributed by atoms with Gasteiger partial charge in [0.15, 0.2) is 0 Å². The van der Waals surface area contributed by atoms with Crippen molar-refractivity contribution in [2.75, 3.05) is 6.54 Å². The number of carbonyl (C=O) groups excluding carboxylic acids is 1. The van der Waals surface area contributed by atoms with Crippen LogP contribution in [0.15, 0.2) is 29.0 Å². The first-order valence-corrected chi connectivity index (χ1v) is 7.40. The van der Waals surface area contributed by atoms with E-state index in [-0.39, 0.29) is 12.3 Å². The van der Waals surface area contributed by atoms with E-state index in [1.807, 2.05) is 0 Å². The van der Waals surface area contributed by atoms with Gasteiger partial charge in [0.1, 0.15) is 6.04 Å². The Morgan fingerprint density at radius 1 is 1.35 bits per heavy atom. The smallest absolute Gasteiger partial charge is 0.326 e. The molecule has 0 radical (unpaired) electrons. The maximum absolute atomic E-state index is 12.2. The summed E-state index contributed by atoms with van der Waals surface area (Å²) in [6.07, 6.45) is 4.94. The van der Waals surface area contributed by atoms with Gasteiger partial charge in [-0.15, -0.1) is 0 Å². The van der Waals surface area contributed by atoms with Gasteiger partial charge in [-0.3, -0.25) is 9.78 Å². The molecule has 0 bridgehead atoms. The third-order valence-corrected chi connectivity index (χ3v) is 3.82. The van der Waals surface area contributed by atoms with Gasteiger partial charge in [-0.05, 0) is 25.0 Å². The van der Waals surface area contributed by atoms with Crippen LogP contribution in [0.1, 0.15) is 25.2 Å². The van der Waals surface area contributed by atoms with Gasteiger partial charge in [0.2, 0.25) is 17.6 Å². The number of pyridine rings is 1. The standard InChI is InChI=1S/C15H16N4O4/c20-13(19-9-1-2-11(19)15(21)22)4-3-12-17-14(18-23-12)10-5-7-16-8-6-10/h5-8,11H,1-4,9H2,(H,21,22). The van der Waals surface area contributed by atoms with Crippen LogP contribution in [0.3, 0.4) is 0 Å². The molecule has 1 aliphatic rings. The fraction of sp³-hybridized carbons (Fsp3) is 0.400. The number of carbonyl (C=O) groups is 2. The molecule has 0 spiro atoms. The third-order valence-electron chi connectivity index (χ3n) is 3.82. The minimum absolute atomic E-state index is 0.155. The summed E-state index contributed by atoms with van der Waals surface area (Å²) in [5.74, 6) is -0.345. The van der Waals surface area contributed by atoms with E-state index in [2.05, 4.69) is 15.1 Å². The van der Waals surface area contributed by atoms with Gasteiger partial charge in [-0.1, -0.05) is 5.16 Å². The van der Waals surface area contributed by atoms with Crippen LogP contribution in [-0.2, 0) is 16.0 Å². The van der Waals surface area contributed by atoms with E-state index in [1.54, 1.807) is 24.5 Å². The number of amides is 1.